The lowest BCUT2D eigenvalue weighted by Gasteiger charge is -2.29. The molecular weight excluding hydrogens is 354 g/mol. The van der Waals surface area contributed by atoms with Crippen molar-refractivity contribution in [3.05, 3.63) is 82.1 Å². The number of carbonyl (C=O) groups excluding carboxylic acids is 1. The van der Waals surface area contributed by atoms with Gasteiger partial charge in [0.2, 0.25) is 5.91 Å². The summed E-state index contributed by atoms with van der Waals surface area (Å²) in [7, 11) is 1.59. The van der Waals surface area contributed by atoms with Gasteiger partial charge < -0.3 is 9.64 Å². The molecule has 1 aliphatic heterocycles. The minimum absolute atomic E-state index is 0.0794. The summed E-state index contributed by atoms with van der Waals surface area (Å²) in [5.74, 6) is 0.556. The summed E-state index contributed by atoms with van der Waals surface area (Å²) in [4.78, 5) is 26.9. The molecule has 0 saturated carbocycles. The predicted molar refractivity (Wildman–Crippen MR) is 106 cm³/mol. The number of aromatic nitrogens is 2. The Morgan fingerprint density at radius 1 is 1.04 bits per heavy atom. The number of nitrogens with zero attached hydrogens (tertiary/aromatic N) is 3. The van der Waals surface area contributed by atoms with Crippen molar-refractivity contribution in [3.8, 4) is 17.0 Å². The summed E-state index contributed by atoms with van der Waals surface area (Å²) in [6.45, 7) is 1.14. The van der Waals surface area contributed by atoms with Crippen LogP contribution in [-0.2, 0) is 24.3 Å². The number of fused-ring (bicyclic) bond motifs is 1. The first-order valence-corrected chi connectivity index (χ1v) is 9.22. The van der Waals surface area contributed by atoms with E-state index in [1.807, 2.05) is 42.5 Å². The molecule has 142 valence electrons. The lowest BCUT2D eigenvalue weighted by Crippen LogP contribution is -2.40. The first-order valence-electron chi connectivity index (χ1n) is 9.22. The molecule has 0 radical (unpaired) electrons. The SMILES string of the molecule is COc1ccccc1-c1ccc(=O)n(CC(=O)N2CCc3ccccc3C2)n1. The average Bonchev–Trinajstić information content (AvgIpc) is 2.75. The molecule has 6 nitrogen and oxygen atoms in total. The van der Waals surface area contributed by atoms with Gasteiger partial charge >= 0.3 is 0 Å². The van der Waals surface area contributed by atoms with Gasteiger partial charge in [-0.2, -0.15) is 5.10 Å². The van der Waals surface area contributed by atoms with Crippen LogP contribution in [-0.4, -0.2) is 34.2 Å². The Morgan fingerprint density at radius 2 is 1.79 bits per heavy atom. The lowest BCUT2D eigenvalue weighted by atomic mass is 10.00. The molecule has 2 aromatic carbocycles. The molecule has 0 fully saturated rings. The second-order valence-electron chi connectivity index (χ2n) is 6.75. The van der Waals surface area contributed by atoms with Gasteiger partial charge in [-0.1, -0.05) is 36.4 Å². The minimum atomic E-state index is -0.301. The fourth-order valence-electron chi connectivity index (χ4n) is 3.50. The van der Waals surface area contributed by atoms with Gasteiger partial charge in [-0.25, -0.2) is 4.68 Å². The zero-order valence-electron chi connectivity index (χ0n) is 15.7. The third-order valence-corrected chi connectivity index (χ3v) is 5.02. The largest absolute Gasteiger partial charge is 0.496 e. The van der Waals surface area contributed by atoms with Crippen LogP contribution in [0.5, 0.6) is 5.75 Å². The van der Waals surface area contributed by atoms with Crippen LogP contribution in [0.4, 0.5) is 0 Å². The highest BCUT2D eigenvalue weighted by atomic mass is 16.5. The Bertz CT molecular complexity index is 1070. The number of hydrogen-bond donors (Lipinski definition) is 0. The zero-order valence-corrected chi connectivity index (χ0v) is 15.7. The number of para-hydroxylation sites is 1. The van der Waals surface area contributed by atoms with Gasteiger partial charge in [-0.3, -0.25) is 9.59 Å². The van der Waals surface area contributed by atoms with Crippen molar-refractivity contribution < 1.29 is 9.53 Å². The van der Waals surface area contributed by atoms with Crippen LogP contribution < -0.4 is 10.3 Å². The van der Waals surface area contributed by atoms with E-state index in [9.17, 15) is 9.59 Å². The maximum atomic E-state index is 12.8. The van der Waals surface area contributed by atoms with Crippen molar-refractivity contribution in [1.82, 2.24) is 14.7 Å². The predicted octanol–water partition coefficient (Wildman–Crippen LogP) is 2.50. The monoisotopic (exact) mass is 375 g/mol. The molecule has 1 aromatic heterocycles. The van der Waals surface area contributed by atoms with Crippen molar-refractivity contribution >= 4 is 5.91 Å². The summed E-state index contributed by atoms with van der Waals surface area (Å²) >= 11 is 0. The standard InChI is InChI=1S/C22H21N3O3/c1-28-20-9-5-4-8-18(20)19-10-11-21(26)25(23-19)15-22(27)24-13-12-16-6-2-3-7-17(16)14-24/h2-11H,12-15H2,1H3. The van der Waals surface area contributed by atoms with Gasteiger partial charge in [-0.15, -0.1) is 0 Å². The Hall–Kier alpha value is -3.41. The Kier molecular flexibility index (Phi) is 4.93. The molecule has 2 heterocycles. The van der Waals surface area contributed by atoms with E-state index in [-0.39, 0.29) is 18.0 Å². The third-order valence-electron chi connectivity index (χ3n) is 5.02. The lowest BCUT2D eigenvalue weighted by molar-refractivity contribution is -0.133. The highest BCUT2D eigenvalue weighted by Gasteiger charge is 2.21. The minimum Gasteiger partial charge on any atom is -0.496 e. The number of hydrogen-bond acceptors (Lipinski definition) is 4. The fraction of sp³-hybridized carbons (Fsp3) is 0.227. The molecule has 0 N–H and O–H groups in total. The normalized spacial score (nSPS) is 13.1. The highest BCUT2D eigenvalue weighted by molar-refractivity contribution is 5.76. The van der Waals surface area contributed by atoms with Crippen LogP contribution in [0.25, 0.3) is 11.3 Å². The molecule has 1 amide bonds. The van der Waals surface area contributed by atoms with E-state index in [2.05, 4.69) is 11.2 Å². The molecule has 6 heteroatoms. The van der Waals surface area contributed by atoms with E-state index < -0.39 is 0 Å². The molecule has 1 aliphatic rings. The van der Waals surface area contributed by atoms with Crippen molar-refractivity contribution in [2.24, 2.45) is 0 Å². The van der Waals surface area contributed by atoms with Gasteiger partial charge in [0, 0.05) is 24.7 Å². The summed E-state index contributed by atoms with van der Waals surface area (Å²) in [6.07, 6.45) is 0.825. The smallest absolute Gasteiger partial charge is 0.267 e. The molecule has 4 rings (SSSR count). The van der Waals surface area contributed by atoms with Gasteiger partial charge in [0.1, 0.15) is 12.3 Å². The molecule has 0 bridgehead atoms. The second kappa shape index (κ2) is 7.68. The molecule has 3 aromatic rings. The Morgan fingerprint density at radius 3 is 2.61 bits per heavy atom. The van der Waals surface area contributed by atoms with Crippen LogP contribution in [0.15, 0.2) is 65.5 Å². The first kappa shape index (κ1) is 18.0. The van der Waals surface area contributed by atoms with Crippen molar-refractivity contribution in [1.29, 1.82) is 0 Å². The van der Waals surface area contributed by atoms with Gasteiger partial charge in [-0.05, 0) is 35.7 Å². The highest BCUT2D eigenvalue weighted by Crippen LogP contribution is 2.27. The number of carbonyl (C=O) groups is 1. The third kappa shape index (κ3) is 3.53. The summed E-state index contributed by atoms with van der Waals surface area (Å²) in [6, 6.07) is 18.7. The second-order valence-corrected chi connectivity index (χ2v) is 6.75. The van der Waals surface area contributed by atoms with Crippen LogP contribution in [0, 0.1) is 0 Å². The van der Waals surface area contributed by atoms with E-state index in [1.165, 1.54) is 16.3 Å². The van der Waals surface area contributed by atoms with Gasteiger partial charge in [0.25, 0.3) is 5.56 Å². The van der Waals surface area contributed by atoms with Gasteiger partial charge in [0.15, 0.2) is 0 Å². The first-order chi connectivity index (χ1) is 13.7. The Balaban J connectivity index is 1.57. The molecule has 28 heavy (non-hydrogen) atoms. The molecule has 0 atom stereocenters. The van der Waals surface area contributed by atoms with E-state index in [4.69, 9.17) is 4.74 Å². The van der Waals surface area contributed by atoms with Crippen LogP contribution >= 0.6 is 0 Å². The van der Waals surface area contributed by atoms with Gasteiger partial charge in [0.05, 0.1) is 12.8 Å². The Labute approximate surface area is 163 Å². The number of ether oxygens (including phenoxy) is 1. The van der Waals surface area contributed by atoms with Crippen molar-refractivity contribution in [3.63, 3.8) is 0 Å². The zero-order chi connectivity index (χ0) is 19.5. The number of amides is 1. The van der Waals surface area contributed by atoms with E-state index in [0.29, 0.717) is 24.5 Å². The quantitative estimate of drug-likeness (QED) is 0.703. The van der Waals surface area contributed by atoms with Crippen LogP contribution in [0.3, 0.4) is 0 Å². The number of benzene rings is 2. The summed E-state index contributed by atoms with van der Waals surface area (Å²) < 4.78 is 6.60. The molecule has 0 saturated heterocycles. The van der Waals surface area contributed by atoms with E-state index in [1.54, 1.807) is 18.1 Å². The maximum absolute atomic E-state index is 12.8. The van der Waals surface area contributed by atoms with E-state index >= 15 is 0 Å². The summed E-state index contributed by atoms with van der Waals surface area (Å²) in [5, 5.41) is 4.41. The number of methoxy groups -OCH3 is 1. The van der Waals surface area contributed by atoms with Crippen LogP contribution in [0.2, 0.25) is 0 Å². The average molecular weight is 375 g/mol. The maximum Gasteiger partial charge on any atom is 0.267 e. The fourth-order valence-corrected chi connectivity index (χ4v) is 3.50. The number of rotatable bonds is 4. The summed E-state index contributed by atoms with van der Waals surface area (Å²) in [5.41, 5.74) is 3.50. The van der Waals surface area contributed by atoms with Crippen LogP contribution in [0.1, 0.15) is 11.1 Å². The van der Waals surface area contributed by atoms with Crippen molar-refractivity contribution in [2.75, 3.05) is 13.7 Å². The molecular formula is C22H21N3O3. The molecule has 0 unspecified atom stereocenters. The molecule has 0 spiro atoms. The van der Waals surface area contributed by atoms with E-state index in [0.717, 1.165) is 17.5 Å². The van der Waals surface area contributed by atoms with Crippen molar-refractivity contribution in [2.45, 2.75) is 19.5 Å². The topological polar surface area (TPSA) is 64.4 Å². The molecule has 0 aliphatic carbocycles.